The summed E-state index contributed by atoms with van der Waals surface area (Å²) in [7, 11) is 5.35. The zero-order valence-electron chi connectivity index (χ0n) is 10.1. The van der Waals surface area contributed by atoms with Crippen molar-refractivity contribution in [2.24, 2.45) is 0 Å². The molecule has 1 amide bonds. The van der Waals surface area contributed by atoms with Gasteiger partial charge in [-0.1, -0.05) is 12.1 Å². The van der Waals surface area contributed by atoms with Crippen LogP contribution in [-0.2, 0) is 0 Å². The molecule has 1 atom stereocenters. The normalized spacial score (nSPS) is 12.1. The summed E-state index contributed by atoms with van der Waals surface area (Å²) in [6.45, 7) is 1.57. The Labute approximate surface area is 96.1 Å². The predicted octanol–water partition coefficient (Wildman–Crippen LogP) is 1.16. The van der Waals surface area contributed by atoms with Gasteiger partial charge in [0.05, 0.1) is 5.56 Å². The fraction of sp³-hybridized carbons (Fsp3) is 0.417. The van der Waals surface area contributed by atoms with E-state index in [1.165, 1.54) is 4.90 Å². The molecule has 0 spiro atoms. The lowest BCUT2D eigenvalue weighted by atomic mass is 10.1. The molecule has 0 saturated heterocycles. The highest BCUT2D eigenvalue weighted by atomic mass is 16.3. The molecule has 1 unspecified atom stereocenters. The molecule has 0 bridgehead atoms. The molecule has 0 aromatic heterocycles. The smallest absolute Gasteiger partial charge is 0.257 e. The summed E-state index contributed by atoms with van der Waals surface area (Å²) in [5.41, 5.74) is 1.44. The van der Waals surface area contributed by atoms with Gasteiger partial charge in [-0.2, -0.15) is 0 Å². The van der Waals surface area contributed by atoms with Gasteiger partial charge in [-0.05, 0) is 19.1 Å². The molecule has 0 fully saturated rings. The molecular formula is C12H18N2O2. The van der Waals surface area contributed by atoms with Gasteiger partial charge in [-0.15, -0.1) is 0 Å². The summed E-state index contributed by atoms with van der Waals surface area (Å²) >= 11 is 0. The van der Waals surface area contributed by atoms with Crippen molar-refractivity contribution in [3.8, 4) is 0 Å². The van der Waals surface area contributed by atoms with E-state index in [1.807, 2.05) is 37.2 Å². The second-order valence-electron chi connectivity index (χ2n) is 3.96. The number of carbonyl (C=O) groups excluding carboxylic acids is 1. The van der Waals surface area contributed by atoms with E-state index >= 15 is 0 Å². The van der Waals surface area contributed by atoms with E-state index in [0.29, 0.717) is 5.56 Å². The Morgan fingerprint density at radius 3 is 2.31 bits per heavy atom. The number of hydrogen-bond acceptors (Lipinski definition) is 3. The predicted molar refractivity (Wildman–Crippen MR) is 64.5 cm³/mol. The highest BCUT2D eigenvalue weighted by Gasteiger charge is 2.18. The van der Waals surface area contributed by atoms with Crippen molar-refractivity contribution in [3.63, 3.8) is 0 Å². The van der Waals surface area contributed by atoms with Crippen molar-refractivity contribution in [1.82, 2.24) is 4.90 Å². The van der Waals surface area contributed by atoms with Crippen LogP contribution in [0.25, 0.3) is 0 Å². The Hall–Kier alpha value is -1.55. The Morgan fingerprint density at radius 2 is 1.81 bits per heavy atom. The number of benzene rings is 1. The summed E-state index contributed by atoms with van der Waals surface area (Å²) in [6, 6.07) is 7.34. The summed E-state index contributed by atoms with van der Waals surface area (Å²) < 4.78 is 0. The molecule has 0 radical (unpaired) electrons. The average molecular weight is 222 g/mol. The Balaban J connectivity index is 3.08. The number of anilines is 1. The van der Waals surface area contributed by atoms with Crippen LogP contribution in [0.1, 0.15) is 17.3 Å². The molecule has 16 heavy (non-hydrogen) atoms. The molecular weight excluding hydrogens is 204 g/mol. The van der Waals surface area contributed by atoms with Crippen LogP contribution in [0.5, 0.6) is 0 Å². The standard InChI is InChI=1S/C12H18N2O2/c1-9(15)14(4)12(16)10-7-5-6-8-11(10)13(2)3/h5-9,15H,1-4H3. The molecule has 0 aliphatic carbocycles. The minimum Gasteiger partial charge on any atom is -0.377 e. The topological polar surface area (TPSA) is 43.8 Å². The third-order valence-electron chi connectivity index (χ3n) is 2.50. The van der Waals surface area contributed by atoms with Gasteiger partial charge in [-0.3, -0.25) is 4.79 Å². The molecule has 1 aromatic rings. The van der Waals surface area contributed by atoms with Gasteiger partial charge in [-0.25, -0.2) is 0 Å². The number of rotatable bonds is 3. The second-order valence-corrected chi connectivity index (χ2v) is 3.96. The molecule has 1 aromatic carbocycles. The van der Waals surface area contributed by atoms with Crippen LogP contribution in [0, 0.1) is 0 Å². The quantitative estimate of drug-likeness (QED) is 0.781. The van der Waals surface area contributed by atoms with Crippen LogP contribution in [0.4, 0.5) is 5.69 Å². The Morgan fingerprint density at radius 1 is 1.25 bits per heavy atom. The Bertz CT molecular complexity index is 375. The van der Waals surface area contributed by atoms with E-state index < -0.39 is 6.23 Å². The van der Waals surface area contributed by atoms with E-state index in [4.69, 9.17) is 0 Å². The maximum absolute atomic E-state index is 12.1. The fourth-order valence-corrected chi connectivity index (χ4v) is 1.40. The molecule has 0 saturated carbocycles. The zero-order chi connectivity index (χ0) is 12.3. The van der Waals surface area contributed by atoms with Crippen molar-refractivity contribution < 1.29 is 9.90 Å². The fourth-order valence-electron chi connectivity index (χ4n) is 1.40. The molecule has 4 heteroatoms. The van der Waals surface area contributed by atoms with Gasteiger partial charge in [0.15, 0.2) is 0 Å². The number of aliphatic hydroxyl groups is 1. The minimum absolute atomic E-state index is 0.181. The first kappa shape index (κ1) is 12.5. The van der Waals surface area contributed by atoms with Crippen molar-refractivity contribution in [2.45, 2.75) is 13.2 Å². The third-order valence-corrected chi connectivity index (χ3v) is 2.50. The number of hydrogen-bond donors (Lipinski definition) is 1. The summed E-state index contributed by atoms with van der Waals surface area (Å²) in [4.78, 5) is 15.2. The molecule has 0 heterocycles. The third kappa shape index (κ3) is 2.52. The molecule has 1 rings (SSSR count). The lowest BCUT2D eigenvalue weighted by molar-refractivity contribution is 0.0294. The molecule has 0 aliphatic heterocycles. The number of nitrogens with zero attached hydrogens (tertiary/aromatic N) is 2. The first-order chi connectivity index (χ1) is 7.45. The van der Waals surface area contributed by atoms with E-state index in [2.05, 4.69) is 0 Å². The molecule has 88 valence electrons. The van der Waals surface area contributed by atoms with Crippen LogP contribution in [0.3, 0.4) is 0 Å². The van der Waals surface area contributed by atoms with Crippen molar-refractivity contribution in [1.29, 1.82) is 0 Å². The van der Waals surface area contributed by atoms with Crippen LogP contribution in [0.2, 0.25) is 0 Å². The van der Waals surface area contributed by atoms with Gasteiger partial charge in [0.25, 0.3) is 5.91 Å². The Kier molecular flexibility index (Phi) is 3.90. The number of aliphatic hydroxyl groups excluding tert-OH is 1. The minimum atomic E-state index is -0.789. The van der Waals surface area contributed by atoms with Crippen LogP contribution in [0.15, 0.2) is 24.3 Å². The van der Waals surface area contributed by atoms with Crippen LogP contribution >= 0.6 is 0 Å². The number of carbonyl (C=O) groups is 1. The van der Waals surface area contributed by atoms with Crippen LogP contribution in [-0.4, -0.2) is 43.3 Å². The first-order valence-electron chi connectivity index (χ1n) is 5.16. The second kappa shape index (κ2) is 4.99. The van der Waals surface area contributed by atoms with Gasteiger partial charge < -0.3 is 14.9 Å². The van der Waals surface area contributed by atoms with Gasteiger partial charge in [0, 0.05) is 26.8 Å². The average Bonchev–Trinajstić information content (AvgIpc) is 2.26. The molecule has 0 aliphatic rings. The maximum atomic E-state index is 12.1. The monoisotopic (exact) mass is 222 g/mol. The van der Waals surface area contributed by atoms with Gasteiger partial charge in [0.2, 0.25) is 0 Å². The van der Waals surface area contributed by atoms with Gasteiger partial charge in [0.1, 0.15) is 6.23 Å². The number of amides is 1. The van der Waals surface area contributed by atoms with E-state index in [1.54, 1.807) is 20.0 Å². The van der Waals surface area contributed by atoms with Crippen LogP contribution < -0.4 is 4.90 Å². The van der Waals surface area contributed by atoms with E-state index in [0.717, 1.165) is 5.69 Å². The largest absolute Gasteiger partial charge is 0.377 e. The zero-order valence-corrected chi connectivity index (χ0v) is 10.1. The molecule has 4 nitrogen and oxygen atoms in total. The van der Waals surface area contributed by atoms with Crippen molar-refractivity contribution in [3.05, 3.63) is 29.8 Å². The first-order valence-corrected chi connectivity index (χ1v) is 5.16. The lowest BCUT2D eigenvalue weighted by Crippen LogP contribution is -2.35. The number of para-hydroxylation sites is 1. The summed E-state index contributed by atoms with van der Waals surface area (Å²) in [5, 5.41) is 9.37. The van der Waals surface area contributed by atoms with E-state index in [9.17, 15) is 9.90 Å². The highest BCUT2D eigenvalue weighted by Crippen LogP contribution is 2.19. The summed E-state index contributed by atoms with van der Waals surface area (Å²) in [5.74, 6) is -0.181. The maximum Gasteiger partial charge on any atom is 0.257 e. The van der Waals surface area contributed by atoms with Crippen molar-refractivity contribution >= 4 is 11.6 Å². The van der Waals surface area contributed by atoms with E-state index in [-0.39, 0.29) is 5.91 Å². The lowest BCUT2D eigenvalue weighted by Gasteiger charge is -2.23. The molecule has 1 N–H and O–H groups in total. The van der Waals surface area contributed by atoms with Gasteiger partial charge >= 0.3 is 0 Å². The van der Waals surface area contributed by atoms with Crippen molar-refractivity contribution in [2.75, 3.05) is 26.0 Å². The SMILES string of the molecule is CC(O)N(C)C(=O)c1ccccc1N(C)C. The summed E-state index contributed by atoms with van der Waals surface area (Å²) in [6.07, 6.45) is -0.789. The highest BCUT2D eigenvalue weighted by molar-refractivity contribution is 5.99.